The highest BCUT2D eigenvalue weighted by atomic mass is 16.5. The molecule has 3 rings (SSSR count). The number of piperidine rings is 1. The summed E-state index contributed by atoms with van der Waals surface area (Å²) in [6, 6.07) is 1.86. The maximum Gasteiger partial charge on any atom is 0.161 e. The van der Waals surface area contributed by atoms with Gasteiger partial charge in [0.25, 0.3) is 0 Å². The van der Waals surface area contributed by atoms with Crippen LogP contribution in [0.1, 0.15) is 44.3 Å². The van der Waals surface area contributed by atoms with Crippen molar-refractivity contribution in [1.29, 1.82) is 0 Å². The van der Waals surface area contributed by atoms with Crippen LogP contribution in [-0.2, 0) is 7.05 Å². The van der Waals surface area contributed by atoms with Crippen molar-refractivity contribution in [3.05, 3.63) is 11.9 Å². The minimum Gasteiger partial charge on any atom is -0.493 e. The van der Waals surface area contributed by atoms with Gasteiger partial charge in [0.15, 0.2) is 5.75 Å². The molecule has 0 saturated carbocycles. The average molecular weight is 292 g/mol. The van der Waals surface area contributed by atoms with Crippen LogP contribution in [0.2, 0.25) is 0 Å². The smallest absolute Gasteiger partial charge is 0.161 e. The van der Waals surface area contributed by atoms with Crippen LogP contribution < -0.4 is 10.1 Å². The van der Waals surface area contributed by atoms with E-state index in [2.05, 4.69) is 29.3 Å². The van der Waals surface area contributed by atoms with Gasteiger partial charge in [-0.1, -0.05) is 6.92 Å². The Balaban J connectivity index is 1.86. The molecule has 0 amide bonds. The Kier molecular flexibility index (Phi) is 4.22. The fourth-order valence-corrected chi connectivity index (χ4v) is 4.37. The molecule has 0 radical (unpaired) electrons. The van der Waals surface area contributed by atoms with Crippen molar-refractivity contribution < 1.29 is 4.74 Å². The largest absolute Gasteiger partial charge is 0.493 e. The molecule has 2 saturated heterocycles. The number of fused-ring (bicyclic) bond motifs is 2. The lowest BCUT2D eigenvalue weighted by molar-refractivity contribution is 0.110. The molecule has 118 valence electrons. The predicted octanol–water partition coefficient (Wildman–Crippen LogP) is 1.95. The molecule has 5 nitrogen and oxygen atoms in total. The van der Waals surface area contributed by atoms with Crippen LogP contribution in [0.5, 0.6) is 5.75 Å². The van der Waals surface area contributed by atoms with Crippen molar-refractivity contribution in [2.45, 2.75) is 50.7 Å². The van der Waals surface area contributed by atoms with Crippen LogP contribution in [0.25, 0.3) is 0 Å². The highest BCUT2D eigenvalue weighted by molar-refractivity contribution is 5.29. The van der Waals surface area contributed by atoms with Gasteiger partial charge in [-0.15, -0.1) is 0 Å². The number of hydrogen-bond donors (Lipinski definition) is 1. The molecule has 0 aromatic carbocycles. The molecule has 0 aliphatic carbocycles. The summed E-state index contributed by atoms with van der Waals surface area (Å²) in [5, 5.41) is 8.09. The second-order valence-electron chi connectivity index (χ2n) is 6.54. The standard InChI is InChI=1S/C16H28N4O/c1-5-17-15(16-14(21-4)10-18-20(16)3)11-8-12-6-7-13(9-11)19(12)2/h10-13,15,17H,5-9H2,1-4H3. The van der Waals surface area contributed by atoms with E-state index in [4.69, 9.17) is 4.74 Å². The first-order valence-electron chi connectivity index (χ1n) is 8.16. The van der Waals surface area contributed by atoms with Gasteiger partial charge in [0.2, 0.25) is 0 Å². The number of ether oxygens (including phenoxy) is 1. The van der Waals surface area contributed by atoms with Crippen molar-refractivity contribution >= 4 is 0 Å². The summed E-state index contributed by atoms with van der Waals surface area (Å²) in [5.41, 5.74) is 1.20. The van der Waals surface area contributed by atoms with Crippen LogP contribution >= 0.6 is 0 Å². The van der Waals surface area contributed by atoms with Crippen LogP contribution in [0.15, 0.2) is 6.20 Å². The Morgan fingerprint density at radius 2 is 2.00 bits per heavy atom. The van der Waals surface area contributed by atoms with E-state index in [9.17, 15) is 0 Å². The van der Waals surface area contributed by atoms with Crippen molar-refractivity contribution in [3.63, 3.8) is 0 Å². The third-order valence-electron chi connectivity index (χ3n) is 5.49. The first-order valence-corrected chi connectivity index (χ1v) is 8.16. The Bertz CT molecular complexity index is 473. The molecule has 2 aliphatic rings. The van der Waals surface area contributed by atoms with Crippen LogP contribution in [-0.4, -0.2) is 47.5 Å². The zero-order chi connectivity index (χ0) is 15.0. The molecule has 21 heavy (non-hydrogen) atoms. The fraction of sp³-hybridized carbons (Fsp3) is 0.812. The minimum absolute atomic E-state index is 0.342. The van der Waals surface area contributed by atoms with Crippen molar-refractivity contribution in [2.75, 3.05) is 20.7 Å². The summed E-state index contributed by atoms with van der Waals surface area (Å²) >= 11 is 0. The summed E-state index contributed by atoms with van der Waals surface area (Å²) in [7, 11) is 6.05. The second-order valence-corrected chi connectivity index (χ2v) is 6.54. The molecule has 5 heteroatoms. The SMILES string of the molecule is CCNC(c1c(OC)cnn1C)C1CC2CCC(C1)N2C. The lowest BCUT2D eigenvalue weighted by Gasteiger charge is -2.40. The van der Waals surface area contributed by atoms with Gasteiger partial charge in [-0.25, -0.2) is 0 Å². The molecule has 2 aliphatic heterocycles. The molecular formula is C16H28N4O. The summed E-state index contributed by atoms with van der Waals surface area (Å²) in [5.74, 6) is 1.58. The van der Waals surface area contributed by atoms with E-state index in [1.807, 2.05) is 17.9 Å². The minimum atomic E-state index is 0.342. The lowest BCUT2D eigenvalue weighted by Crippen LogP contribution is -2.44. The van der Waals surface area contributed by atoms with E-state index < -0.39 is 0 Å². The third kappa shape index (κ3) is 2.57. The number of rotatable bonds is 5. The molecule has 2 bridgehead atoms. The highest BCUT2D eigenvalue weighted by Crippen LogP contribution is 2.43. The van der Waals surface area contributed by atoms with Gasteiger partial charge in [0.1, 0.15) is 0 Å². The number of hydrogen-bond acceptors (Lipinski definition) is 4. The molecule has 1 aromatic heterocycles. The normalized spacial score (nSPS) is 30.6. The number of nitrogens with one attached hydrogen (secondary N) is 1. The predicted molar refractivity (Wildman–Crippen MR) is 83.5 cm³/mol. The van der Waals surface area contributed by atoms with Gasteiger partial charge in [0, 0.05) is 19.1 Å². The van der Waals surface area contributed by atoms with Crippen molar-refractivity contribution in [1.82, 2.24) is 20.0 Å². The lowest BCUT2D eigenvalue weighted by atomic mass is 9.83. The maximum atomic E-state index is 5.54. The molecule has 2 fully saturated rings. The van der Waals surface area contributed by atoms with Crippen LogP contribution in [0.3, 0.4) is 0 Å². The maximum absolute atomic E-state index is 5.54. The van der Waals surface area contributed by atoms with Gasteiger partial charge in [0.05, 0.1) is 25.0 Å². The quantitative estimate of drug-likeness (QED) is 0.901. The van der Waals surface area contributed by atoms with Gasteiger partial charge >= 0.3 is 0 Å². The molecule has 3 heterocycles. The molecule has 3 atom stereocenters. The summed E-state index contributed by atoms with van der Waals surface area (Å²) in [6.07, 6.45) is 7.11. The van der Waals surface area contributed by atoms with Gasteiger partial charge in [-0.05, 0) is 45.2 Å². The summed E-state index contributed by atoms with van der Waals surface area (Å²) < 4.78 is 7.52. The Hall–Kier alpha value is -1.07. The molecular weight excluding hydrogens is 264 g/mol. The van der Waals surface area contributed by atoms with Crippen LogP contribution in [0.4, 0.5) is 0 Å². The number of aromatic nitrogens is 2. The van der Waals surface area contributed by atoms with Crippen molar-refractivity contribution in [2.24, 2.45) is 13.0 Å². The average Bonchev–Trinajstić information content (AvgIpc) is 2.92. The van der Waals surface area contributed by atoms with E-state index >= 15 is 0 Å². The van der Waals surface area contributed by atoms with Gasteiger partial charge < -0.3 is 15.0 Å². The highest BCUT2D eigenvalue weighted by Gasteiger charge is 2.42. The number of aryl methyl sites for hydroxylation is 1. The zero-order valence-electron chi connectivity index (χ0n) is 13.7. The van der Waals surface area contributed by atoms with E-state index in [1.165, 1.54) is 31.4 Å². The summed E-state index contributed by atoms with van der Waals surface area (Å²) in [6.45, 7) is 3.15. The molecule has 1 aromatic rings. The topological polar surface area (TPSA) is 42.3 Å². The second kappa shape index (κ2) is 5.97. The number of nitrogens with zero attached hydrogens (tertiary/aromatic N) is 3. The molecule has 1 N–H and O–H groups in total. The zero-order valence-corrected chi connectivity index (χ0v) is 13.7. The monoisotopic (exact) mass is 292 g/mol. The van der Waals surface area contributed by atoms with E-state index in [-0.39, 0.29) is 0 Å². The fourth-order valence-electron chi connectivity index (χ4n) is 4.37. The summed E-state index contributed by atoms with van der Waals surface area (Å²) in [4.78, 5) is 2.60. The first-order chi connectivity index (χ1) is 10.2. The number of methoxy groups -OCH3 is 1. The van der Waals surface area contributed by atoms with Crippen LogP contribution in [0, 0.1) is 5.92 Å². The van der Waals surface area contributed by atoms with Gasteiger partial charge in [-0.3, -0.25) is 4.68 Å². The Morgan fingerprint density at radius 3 is 2.57 bits per heavy atom. The van der Waals surface area contributed by atoms with Crippen molar-refractivity contribution in [3.8, 4) is 5.75 Å². The third-order valence-corrected chi connectivity index (χ3v) is 5.49. The Labute approximate surface area is 127 Å². The molecule has 3 unspecified atom stereocenters. The van der Waals surface area contributed by atoms with Gasteiger partial charge in [-0.2, -0.15) is 5.10 Å². The van der Waals surface area contributed by atoms with E-state index in [0.29, 0.717) is 12.0 Å². The van der Waals surface area contributed by atoms with E-state index in [0.717, 1.165) is 24.4 Å². The first kappa shape index (κ1) is 14.9. The van der Waals surface area contributed by atoms with E-state index in [1.54, 1.807) is 7.11 Å². The molecule has 0 spiro atoms. The Morgan fingerprint density at radius 1 is 1.33 bits per heavy atom.